The van der Waals surface area contributed by atoms with Crippen LogP contribution in [0.25, 0.3) is 0 Å². The fourth-order valence-corrected chi connectivity index (χ4v) is 2.42. The van der Waals surface area contributed by atoms with Crippen LogP contribution in [-0.2, 0) is 9.53 Å². The number of nitrogens with one attached hydrogen (secondary N) is 2. The van der Waals surface area contributed by atoms with Gasteiger partial charge in [0.2, 0.25) is 5.91 Å². The Morgan fingerprint density at radius 2 is 1.81 bits per heavy atom. The maximum absolute atomic E-state index is 12.0. The molecule has 0 aliphatic rings. The molecule has 0 aliphatic heterocycles. The van der Waals surface area contributed by atoms with Crippen LogP contribution in [0.15, 0.2) is 42.5 Å². The molecule has 0 fully saturated rings. The number of anilines is 2. The van der Waals surface area contributed by atoms with Gasteiger partial charge in [-0.25, -0.2) is 0 Å². The minimum Gasteiger partial charge on any atom is -0.495 e. The third-order valence-corrected chi connectivity index (χ3v) is 3.74. The number of carbonyl (C=O) groups is 1. The van der Waals surface area contributed by atoms with Gasteiger partial charge in [0.25, 0.3) is 0 Å². The van der Waals surface area contributed by atoms with E-state index >= 15 is 0 Å². The standard InChI is InChI=1S/C19H23ClN2O4/c1-3-25-10-11-26-16-7-4-14(5-8-16)21-13-19(23)22-15-6-9-18(24-2)17(20)12-15/h4-9,12,21H,3,10-11,13H2,1-2H3,(H,22,23). The first-order valence-electron chi connectivity index (χ1n) is 8.30. The van der Waals surface area contributed by atoms with E-state index in [4.69, 9.17) is 25.8 Å². The van der Waals surface area contributed by atoms with E-state index in [-0.39, 0.29) is 12.5 Å². The molecule has 0 aliphatic carbocycles. The minimum atomic E-state index is -0.178. The van der Waals surface area contributed by atoms with E-state index in [0.717, 1.165) is 11.4 Å². The second-order valence-electron chi connectivity index (χ2n) is 5.32. The van der Waals surface area contributed by atoms with Gasteiger partial charge in [0.05, 0.1) is 25.3 Å². The predicted molar refractivity (Wildman–Crippen MR) is 104 cm³/mol. The number of methoxy groups -OCH3 is 1. The summed E-state index contributed by atoms with van der Waals surface area (Å²) in [5.41, 5.74) is 1.44. The van der Waals surface area contributed by atoms with Crippen LogP contribution in [0, 0.1) is 0 Å². The summed E-state index contributed by atoms with van der Waals surface area (Å²) in [6, 6.07) is 12.5. The number of amides is 1. The average Bonchev–Trinajstić information content (AvgIpc) is 2.65. The molecule has 0 unspecified atom stereocenters. The Bertz CT molecular complexity index is 707. The molecular formula is C19H23ClN2O4. The molecule has 7 heteroatoms. The molecule has 0 spiro atoms. The molecule has 2 aromatic rings. The normalized spacial score (nSPS) is 10.3. The molecule has 2 N–H and O–H groups in total. The number of hydrogen-bond acceptors (Lipinski definition) is 5. The fraction of sp³-hybridized carbons (Fsp3) is 0.316. The van der Waals surface area contributed by atoms with Gasteiger partial charge in [-0.1, -0.05) is 11.6 Å². The van der Waals surface area contributed by atoms with Crippen molar-refractivity contribution >= 4 is 28.9 Å². The summed E-state index contributed by atoms with van der Waals surface area (Å²) < 4.78 is 15.8. The van der Waals surface area contributed by atoms with Crippen molar-refractivity contribution in [1.29, 1.82) is 0 Å². The van der Waals surface area contributed by atoms with E-state index in [0.29, 0.717) is 36.3 Å². The number of hydrogen-bond donors (Lipinski definition) is 2. The average molecular weight is 379 g/mol. The second kappa shape index (κ2) is 10.5. The number of ether oxygens (including phenoxy) is 3. The van der Waals surface area contributed by atoms with Crippen molar-refractivity contribution in [2.75, 3.05) is 44.1 Å². The summed E-state index contributed by atoms with van der Waals surface area (Å²) in [6.07, 6.45) is 0. The van der Waals surface area contributed by atoms with Gasteiger partial charge in [0.15, 0.2) is 0 Å². The van der Waals surface area contributed by atoms with Gasteiger partial charge in [0.1, 0.15) is 18.1 Å². The summed E-state index contributed by atoms with van der Waals surface area (Å²) in [4.78, 5) is 12.0. The highest BCUT2D eigenvalue weighted by Crippen LogP contribution is 2.27. The molecule has 0 atom stereocenters. The Balaban J connectivity index is 1.77. The lowest BCUT2D eigenvalue weighted by Crippen LogP contribution is -2.21. The Morgan fingerprint density at radius 3 is 2.46 bits per heavy atom. The fourth-order valence-electron chi connectivity index (χ4n) is 2.16. The van der Waals surface area contributed by atoms with Crippen molar-refractivity contribution in [1.82, 2.24) is 0 Å². The van der Waals surface area contributed by atoms with E-state index in [2.05, 4.69) is 10.6 Å². The Labute approximate surface area is 158 Å². The number of benzene rings is 2. The molecule has 1 amide bonds. The molecule has 2 aromatic carbocycles. The van der Waals surface area contributed by atoms with Gasteiger partial charge in [-0.3, -0.25) is 4.79 Å². The lowest BCUT2D eigenvalue weighted by molar-refractivity contribution is -0.114. The van der Waals surface area contributed by atoms with Crippen LogP contribution in [0.4, 0.5) is 11.4 Å². The predicted octanol–water partition coefficient (Wildman–Crippen LogP) is 3.81. The van der Waals surface area contributed by atoms with Crippen molar-refractivity contribution in [3.63, 3.8) is 0 Å². The second-order valence-corrected chi connectivity index (χ2v) is 5.73. The van der Waals surface area contributed by atoms with Crippen molar-refractivity contribution < 1.29 is 19.0 Å². The topological polar surface area (TPSA) is 68.8 Å². The molecular weight excluding hydrogens is 356 g/mol. The Kier molecular flexibility index (Phi) is 8.05. The number of carbonyl (C=O) groups excluding carboxylic acids is 1. The van der Waals surface area contributed by atoms with Gasteiger partial charge in [-0.2, -0.15) is 0 Å². The summed E-state index contributed by atoms with van der Waals surface area (Å²) in [5.74, 6) is 1.14. The van der Waals surface area contributed by atoms with E-state index in [1.165, 1.54) is 0 Å². The molecule has 0 aromatic heterocycles. The molecule has 2 rings (SSSR count). The summed E-state index contributed by atoms with van der Waals surface area (Å²) in [6.45, 7) is 3.82. The van der Waals surface area contributed by atoms with Crippen molar-refractivity contribution in [3.05, 3.63) is 47.5 Å². The van der Waals surface area contributed by atoms with Crippen molar-refractivity contribution in [2.45, 2.75) is 6.92 Å². The highest BCUT2D eigenvalue weighted by molar-refractivity contribution is 6.32. The first kappa shape index (κ1) is 19.9. The molecule has 0 bridgehead atoms. The maximum atomic E-state index is 12.0. The zero-order valence-electron chi connectivity index (χ0n) is 14.9. The third kappa shape index (κ3) is 6.46. The highest BCUT2D eigenvalue weighted by atomic mass is 35.5. The minimum absolute atomic E-state index is 0.133. The number of halogens is 1. The Morgan fingerprint density at radius 1 is 1.08 bits per heavy atom. The quantitative estimate of drug-likeness (QED) is 0.615. The Hall–Kier alpha value is -2.44. The molecule has 26 heavy (non-hydrogen) atoms. The molecule has 140 valence electrons. The lowest BCUT2D eigenvalue weighted by atomic mass is 10.3. The number of rotatable bonds is 10. The first-order valence-corrected chi connectivity index (χ1v) is 8.68. The highest BCUT2D eigenvalue weighted by Gasteiger charge is 2.06. The van der Waals surface area contributed by atoms with Crippen LogP contribution in [-0.4, -0.2) is 39.4 Å². The van der Waals surface area contributed by atoms with Gasteiger partial charge < -0.3 is 24.8 Å². The van der Waals surface area contributed by atoms with Gasteiger partial charge in [-0.05, 0) is 49.4 Å². The van der Waals surface area contributed by atoms with Crippen LogP contribution in [0.1, 0.15) is 6.92 Å². The van der Waals surface area contributed by atoms with Crippen LogP contribution in [0.2, 0.25) is 5.02 Å². The lowest BCUT2D eigenvalue weighted by Gasteiger charge is -2.10. The third-order valence-electron chi connectivity index (χ3n) is 3.44. The van der Waals surface area contributed by atoms with Crippen LogP contribution in [0.5, 0.6) is 11.5 Å². The summed E-state index contributed by atoms with van der Waals surface area (Å²) in [5, 5.41) is 6.27. The molecule has 0 saturated carbocycles. The van der Waals surface area contributed by atoms with Gasteiger partial charge in [0, 0.05) is 18.0 Å². The van der Waals surface area contributed by atoms with Crippen molar-refractivity contribution in [2.24, 2.45) is 0 Å². The monoisotopic (exact) mass is 378 g/mol. The van der Waals surface area contributed by atoms with Crippen LogP contribution >= 0.6 is 11.6 Å². The molecule has 0 radical (unpaired) electrons. The maximum Gasteiger partial charge on any atom is 0.243 e. The smallest absolute Gasteiger partial charge is 0.243 e. The molecule has 0 heterocycles. The van der Waals surface area contributed by atoms with Crippen LogP contribution in [0.3, 0.4) is 0 Å². The van der Waals surface area contributed by atoms with Crippen LogP contribution < -0.4 is 20.1 Å². The summed E-state index contributed by atoms with van der Waals surface area (Å²) in [7, 11) is 1.54. The zero-order chi connectivity index (χ0) is 18.8. The first-order chi connectivity index (χ1) is 12.6. The largest absolute Gasteiger partial charge is 0.495 e. The SMILES string of the molecule is CCOCCOc1ccc(NCC(=O)Nc2ccc(OC)c(Cl)c2)cc1. The molecule has 6 nitrogen and oxygen atoms in total. The van der Waals surface area contributed by atoms with E-state index in [1.54, 1.807) is 25.3 Å². The van der Waals surface area contributed by atoms with Gasteiger partial charge >= 0.3 is 0 Å². The van der Waals surface area contributed by atoms with Crippen molar-refractivity contribution in [3.8, 4) is 11.5 Å². The van der Waals surface area contributed by atoms with E-state index < -0.39 is 0 Å². The van der Waals surface area contributed by atoms with E-state index in [9.17, 15) is 4.79 Å². The van der Waals surface area contributed by atoms with E-state index in [1.807, 2.05) is 31.2 Å². The van der Waals surface area contributed by atoms with Gasteiger partial charge in [-0.15, -0.1) is 0 Å². The molecule has 0 saturated heterocycles. The summed E-state index contributed by atoms with van der Waals surface area (Å²) >= 11 is 6.04. The zero-order valence-corrected chi connectivity index (χ0v) is 15.6.